The van der Waals surface area contributed by atoms with Gasteiger partial charge < -0.3 is 14.3 Å². The summed E-state index contributed by atoms with van der Waals surface area (Å²) in [6.07, 6.45) is 2.25. The molecule has 1 aromatic heterocycles. The van der Waals surface area contributed by atoms with E-state index in [9.17, 15) is 0 Å². The van der Waals surface area contributed by atoms with Gasteiger partial charge in [0.2, 0.25) is 0 Å². The third kappa shape index (κ3) is 1.99. The highest BCUT2D eigenvalue weighted by molar-refractivity contribution is 7.71. The zero-order chi connectivity index (χ0) is 12.5. The van der Waals surface area contributed by atoms with E-state index >= 15 is 0 Å². The number of rotatable bonds is 2. The van der Waals surface area contributed by atoms with Crippen LogP contribution in [0.4, 0.5) is 0 Å². The van der Waals surface area contributed by atoms with Crippen molar-refractivity contribution < 1.29 is 4.74 Å². The quantitative estimate of drug-likeness (QED) is 0.837. The Bertz CT molecular complexity index is 595. The third-order valence-corrected chi connectivity index (χ3v) is 4.28. The van der Waals surface area contributed by atoms with Crippen LogP contribution in [0.2, 0.25) is 0 Å². The first kappa shape index (κ1) is 11.9. The minimum absolute atomic E-state index is 0.428. The Morgan fingerprint density at radius 2 is 2.06 bits per heavy atom. The molecule has 0 saturated carbocycles. The van der Waals surface area contributed by atoms with Gasteiger partial charge in [0.15, 0.2) is 4.77 Å². The number of nitrogens with zero attached hydrogens (tertiary/aromatic N) is 1. The Hall–Kier alpha value is -1.13. The van der Waals surface area contributed by atoms with Gasteiger partial charge in [0.25, 0.3) is 0 Å². The van der Waals surface area contributed by atoms with Gasteiger partial charge in [-0.2, -0.15) is 0 Å². The van der Waals surface area contributed by atoms with Gasteiger partial charge >= 0.3 is 0 Å². The summed E-state index contributed by atoms with van der Waals surface area (Å²) >= 11 is 5.47. The highest BCUT2D eigenvalue weighted by Gasteiger charge is 2.23. The Morgan fingerprint density at radius 3 is 2.83 bits per heavy atom. The summed E-state index contributed by atoms with van der Waals surface area (Å²) in [6.45, 7) is 4.03. The largest absolute Gasteiger partial charge is 0.381 e. The van der Waals surface area contributed by atoms with E-state index in [1.807, 2.05) is 6.07 Å². The lowest BCUT2D eigenvalue weighted by Gasteiger charge is -2.29. The maximum absolute atomic E-state index is 5.47. The average Bonchev–Trinajstić information content (AvgIpc) is 2.75. The normalized spacial score (nSPS) is 19.2. The monoisotopic (exact) mass is 262 g/mol. The topological polar surface area (TPSA) is 29.9 Å². The summed E-state index contributed by atoms with van der Waals surface area (Å²) < 4.78 is 8.54. The van der Waals surface area contributed by atoms with Crippen molar-refractivity contribution in [3.63, 3.8) is 0 Å². The first-order chi connectivity index (χ1) is 8.77. The van der Waals surface area contributed by atoms with Crippen LogP contribution < -0.4 is 0 Å². The van der Waals surface area contributed by atoms with Crippen LogP contribution in [0.15, 0.2) is 24.3 Å². The van der Waals surface area contributed by atoms with E-state index in [1.165, 1.54) is 5.52 Å². The second-order valence-corrected chi connectivity index (χ2v) is 5.39. The fraction of sp³-hybridized carbons (Fsp3) is 0.500. The Labute approximate surface area is 112 Å². The SMILES string of the molecule is CC(C1CCOCC1)n1c(=S)[nH]c2ccccc21. The molecule has 2 heterocycles. The van der Waals surface area contributed by atoms with Gasteiger partial charge in [-0.05, 0) is 50.0 Å². The highest BCUT2D eigenvalue weighted by atomic mass is 32.1. The van der Waals surface area contributed by atoms with Crippen LogP contribution in [-0.4, -0.2) is 22.8 Å². The molecule has 1 fully saturated rings. The number of fused-ring (bicyclic) bond motifs is 1. The van der Waals surface area contributed by atoms with Crippen molar-refractivity contribution in [1.29, 1.82) is 0 Å². The van der Waals surface area contributed by atoms with E-state index in [1.54, 1.807) is 0 Å². The number of ether oxygens (including phenoxy) is 1. The van der Waals surface area contributed by atoms with E-state index in [0.29, 0.717) is 12.0 Å². The molecule has 3 rings (SSSR count). The van der Waals surface area contributed by atoms with Gasteiger partial charge in [0.1, 0.15) is 0 Å². The summed E-state index contributed by atoms with van der Waals surface area (Å²) in [7, 11) is 0. The van der Waals surface area contributed by atoms with E-state index in [-0.39, 0.29) is 0 Å². The smallest absolute Gasteiger partial charge is 0.178 e. The summed E-state index contributed by atoms with van der Waals surface area (Å²) in [5.41, 5.74) is 2.34. The van der Waals surface area contributed by atoms with Crippen molar-refractivity contribution in [3.05, 3.63) is 29.0 Å². The van der Waals surface area contributed by atoms with Gasteiger partial charge in [0, 0.05) is 19.3 Å². The molecule has 0 radical (unpaired) electrons. The van der Waals surface area contributed by atoms with E-state index in [2.05, 4.69) is 34.7 Å². The van der Waals surface area contributed by atoms with Gasteiger partial charge in [-0.25, -0.2) is 0 Å². The molecule has 1 aliphatic rings. The number of aromatic amines is 1. The summed E-state index contributed by atoms with van der Waals surface area (Å²) in [5.74, 6) is 0.657. The first-order valence-electron chi connectivity index (χ1n) is 6.54. The zero-order valence-corrected chi connectivity index (χ0v) is 11.4. The Kier molecular flexibility index (Phi) is 3.22. The molecule has 1 saturated heterocycles. The number of para-hydroxylation sites is 2. The predicted octanol–water partition coefficient (Wildman–Crippen LogP) is 3.69. The summed E-state index contributed by atoms with van der Waals surface area (Å²) in [5, 5.41) is 0. The number of hydrogen-bond donors (Lipinski definition) is 1. The van der Waals surface area contributed by atoms with Gasteiger partial charge in [-0.1, -0.05) is 12.1 Å². The molecule has 1 unspecified atom stereocenters. The van der Waals surface area contributed by atoms with Crippen LogP contribution in [0.1, 0.15) is 25.8 Å². The molecular weight excluding hydrogens is 244 g/mol. The zero-order valence-electron chi connectivity index (χ0n) is 10.6. The molecule has 1 aromatic carbocycles. The molecule has 0 aliphatic carbocycles. The molecule has 1 atom stereocenters. The van der Waals surface area contributed by atoms with Crippen LogP contribution in [0.25, 0.3) is 11.0 Å². The molecule has 1 aliphatic heterocycles. The minimum Gasteiger partial charge on any atom is -0.381 e. The van der Waals surface area contributed by atoms with Crippen molar-refractivity contribution in [2.75, 3.05) is 13.2 Å². The molecule has 3 nitrogen and oxygen atoms in total. The maximum atomic E-state index is 5.47. The van der Waals surface area contributed by atoms with Crippen LogP contribution in [0, 0.1) is 10.7 Å². The Balaban J connectivity index is 2.02. The molecular formula is C14H18N2OS. The lowest BCUT2D eigenvalue weighted by molar-refractivity contribution is 0.0517. The van der Waals surface area contributed by atoms with Crippen molar-refractivity contribution >= 4 is 23.3 Å². The number of benzene rings is 1. The molecule has 96 valence electrons. The van der Waals surface area contributed by atoms with Crippen LogP contribution >= 0.6 is 12.2 Å². The van der Waals surface area contributed by atoms with E-state index in [4.69, 9.17) is 17.0 Å². The molecule has 4 heteroatoms. The van der Waals surface area contributed by atoms with Gasteiger partial charge in [0.05, 0.1) is 11.0 Å². The maximum Gasteiger partial charge on any atom is 0.178 e. The fourth-order valence-corrected chi connectivity index (χ4v) is 3.26. The number of nitrogens with one attached hydrogen (secondary N) is 1. The molecule has 0 bridgehead atoms. The van der Waals surface area contributed by atoms with Gasteiger partial charge in [-0.3, -0.25) is 0 Å². The lowest BCUT2D eigenvalue weighted by atomic mass is 9.92. The van der Waals surface area contributed by atoms with Crippen molar-refractivity contribution in [1.82, 2.24) is 9.55 Å². The number of aromatic nitrogens is 2. The first-order valence-corrected chi connectivity index (χ1v) is 6.95. The second kappa shape index (κ2) is 4.86. The van der Waals surface area contributed by atoms with Crippen molar-refractivity contribution in [2.45, 2.75) is 25.8 Å². The summed E-state index contributed by atoms with van der Waals surface area (Å²) in [4.78, 5) is 3.29. The lowest BCUT2D eigenvalue weighted by Crippen LogP contribution is -2.24. The summed E-state index contributed by atoms with van der Waals surface area (Å²) in [6, 6.07) is 8.75. The second-order valence-electron chi connectivity index (χ2n) is 5.01. The average molecular weight is 262 g/mol. The molecule has 1 N–H and O–H groups in total. The van der Waals surface area contributed by atoms with Crippen molar-refractivity contribution in [3.8, 4) is 0 Å². The fourth-order valence-electron chi connectivity index (χ4n) is 2.89. The Morgan fingerprint density at radius 1 is 1.33 bits per heavy atom. The minimum atomic E-state index is 0.428. The third-order valence-electron chi connectivity index (χ3n) is 3.98. The molecule has 18 heavy (non-hydrogen) atoms. The molecule has 0 spiro atoms. The van der Waals surface area contributed by atoms with Crippen LogP contribution in [-0.2, 0) is 4.74 Å². The number of hydrogen-bond acceptors (Lipinski definition) is 2. The van der Waals surface area contributed by atoms with Gasteiger partial charge in [-0.15, -0.1) is 0 Å². The standard InChI is InChI=1S/C14H18N2OS/c1-10(11-6-8-17-9-7-11)16-13-5-3-2-4-12(13)15-14(16)18/h2-5,10-11H,6-9H2,1H3,(H,15,18). The van der Waals surface area contributed by atoms with Crippen molar-refractivity contribution in [2.24, 2.45) is 5.92 Å². The predicted molar refractivity (Wildman–Crippen MR) is 75.4 cm³/mol. The highest BCUT2D eigenvalue weighted by Crippen LogP contribution is 2.30. The van der Waals surface area contributed by atoms with Crippen LogP contribution in [0.5, 0.6) is 0 Å². The van der Waals surface area contributed by atoms with E-state index in [0.717, 1.165) is 36.3 Å². The molecule has 2 aromatic rings. The number of imidazole rings is 1. The van der Waals surface area contributed by atoms with Crippen LogP contribution in [0.3, 0.4) is 0 Å². The molecule has 0 amide bonds. The number of H-pyrrole nitrogens is 1. The van der Waals surface area contributed by atoms with E-state index < -0.39 is 0 Å².